The average molecular weight is 241 g/mol. The van der Waals surface area contributed by atoms with Crippen LogP contribution in [0.3, 0.4) is 0 Å². The maximum absolute atomic E-state index is 13.3. The fourth-order valence-electron chi connectivity index (χ4n) is 1.37. The third-order valence-electron chi connectivity index (χ3n) is 2.37. The molecular weight excluding hydrogens is 221 g/mol. The van der Waals surface area contributed by atoms with Crippen molar-refractivity contribution in [3.8, 4) is 0 Å². The molecule has 0 saturated heterocycles. The molecule has 0 bridgehead atoms. The van der Waals surface area contributed by atoms with Gasteiger partial charge in [-0.25, -0.2) is 4.39 Å². The number of rotatable bonds is 5. The fraction of sp³-hybridized carbons (Fsp3) is 0.538. The molecule has 1 rings (SSSR count). The van der Waals surface area contributed by atoms with Gasteiger partial charge in [0.05, 0.1) is 0 Å². The van der Waals surface area contributed by atoms with Crippen LogP contribution >= 0.6 is 11.8 Å². The van der Waals surface area contributed by atoms with E-state index >= 15 is 0 Å². The predicted octanol–water partition coefficient (Wildman–Crippen LogP) is 3.52. The van der Waals surface area contributed by atoms with E-state index in [-0.39, 0.29) is 11.9 Å². The van der Waals surface area contributed by atoms with Crippen molar-refractivity contribution in [1.29, 1.82) is 0 Å². The summed E-state index contributed by atoms with van der Waals surface area (Å²) in [5.74, 6) is 2.46. The van der Waals surface area contributed by atoms with Crippen LogP contribution < -0.4 is 5.73 Å². The minimum absolute atomic E-state index is 0.0705. The monoisotopic (exact) mass is 241 g/mol. The topological polar surface area (TPSA) is 26.0 Å². The minimum Gasteiger partial charge on any atom is -0.323 e. The van der Waals surface area contributed by atoms with Gasteiger partial charge in [-0.3, -0.25) is 0 Å². The Balaban J connectivity index is 2.52. The van der Waals surface area contributed by atoms with Crippen LogP contribution in [0.25, 0.3) is 0 Å². The molecule has 0 aliphatic rings. The van der Waals surface area contributed by atoms with Crippen molar-refractivity contribution < 1.29 is 4.39 Å². The van der Waals surface area contributed by atoms with E-state index in [1.807, 2.05) is 17.8 Å². The van der Waals surface area contributed by atoms with E-state index < -0.39 is 0 Å². The molecule has 0 aliphatic heterocycles. The smallest absolute Gasteiger partial charge is 0.126 e. The van der Waals surface area contributed by atoms with Gasteiger partial charge in [0.2, 0.25) is 0 Å². The normalized spacial score (nSPS) is 13.1. The SMILES string of the molecule is Cc1ccc(C(N)CSCC(C)C)cc1F. The molecule has 0 fully saturated rings. The lowest BCUT2D eigenvalue weighted by molar-refractivity contribution is 0.613. The van der Waals surface area contributed by atoms with Gasteiger partial charge >= 0.3 is 0 Å². The molecule has 0 radical (unpaired) electrons. The molecular formula is C13H20FNS. The van der Waals surface area contributed by atoms with Gasteiger partial charge in [-0.15, -0.1) is 0 Å². The maximum Gasteiger partial charge on any atom is 0.126 e. The molecule has 1 atom stereocenters. The molecule has 1 nitrogen and oxygen atoms in total. The zero-order valence-corrected chi connectivity index (χ0v) is 11.0. The van der Waals surface area contributed by atoms with Gasteiger partial charge < -0.3 is 5.73 Å². The van der Waals surface area contributed by atoms with E-state index in [9.17, 15) is 4.39 Å². The molecule has 1 aromatic rings. The third kappa shape index (κ3) is 4.14. The zero-order valence-electron chi connectivity index (χ0n) is 10.2. The highest BCUT2D eigenvalue weighted by molar-refractivity contribution is 7.99. The maximum atomic E-state index is 13.3. The summed E-state index contributed by atoms with van der Waals surface area (Å²) in [4.78, 5) is 0. The molecule has 0 heterocycles. The Hall–Kier alpha value is -0.540. The number of benzene rings is 1. The first-order valence-corrected chi connectivity index (χ1v) is 6.75. The number of thioether (sulfide) groups is 1. The minimum atomic E-state index is -0.165. The van der Waals surface area contributed by atoms with Crippen LogP contribution in [0.2, 0.25) is 0 Å². The Labute approximate surface area is 102 Å². The molecule has 1 unspecified atom stereocenters. The average Bonchev–Trinajstić information content (AvgIpc) is 2.21. The second kappa shape index (κ2) is 6.26. The second-order valence-electron chi connectivity index (χ2n) is 4.55. The van der Waals surface area contributed by atoms with Crippen molar-refractivity contribution in [3.63, 3.8) is 0 Å². The quantitative estimate of drug-likeness (QED) is 0.853. The molecule has 2 N–H and O–H groups in total. The van der Waals surface area contributed by atoms with E-state index in [0.29, 0.717) is 11.5 Å². The van der Waals surface area contributed by atoms with Crippen LogP contribution in [0.5, 0.6) is 0 Å². The molecule has 0 aliphatic carbocycles. The standard InChI is InChI=1S/C13H20FNS/c1-9(2)7-16-8-13(15)11-5-4-10(3)12(14)6-11/h4-6,9,13H,7-8,15H2,1-3H3. The third-order valence-corrected chi connectivity index (χ3v) is 3.87. The number of aryl methyl sites for hydroxylation is 1. The summed E-state index contributed by atoms with van der Waals surface area (Å²) >= 11 is 1.83. The lowest BCUT2D eigenvalue weighted by Crippen LogP contribution is -2.14. The summed E-state index contributed by atoms with van der Waals surface area (Å²) in [6, 6.07) is 5.19. The Morgan fingerprint density at radius 3 is 2.56 bits per heavy atom. The lowest BCUT2D eigenvalue weighted by atomic mass is 10.1. The zero-order chi connectivity index (χ0) is 12.1. The fourth-order valence-corrected chi connectivity index (χ4v) is 2.42. The van der Waals surface area contributed by atoms with Crippen molar-refractivity contribution in [2.45, 2.75) is 26.8 Å². The van der Waals surface area contributed by atoms with Gasteiger partial charge in [0.25, 0.3) is 0 Å². The summed E-state index contributed by atoms with van der Waals surface area (Å²) < 4.78 is 13.3. The summed E-state index contributed by atoms with van der Waals surface area (Å²) in [5, 5.41) is 0. The number of hydrogen-bond donors (Lipinski definition) is 1. The van der Waals surface area contributed by atoms with Gasteiger partial charge in [-0.05, 0) is 35.8 Å². The molecule has 0 saturated carbocycles. The highest BCUT2D eigenvalue weighted by atomic mass is 32.2. The van der Waals surface area contributed by atoms with E-state index in [1.54, 1.807) is 19.1 Å². The summed E-state index contributed by atoms with van der Waals surface area (Å²) in [7, 11) is 0. The highest BCUT2D eigenvalue weighted by Gasteiger charge is 2.08. The van der Waals surface area contributed by atoms with Gasteiger partial charge in [0.1, 0.15) is 5.82 Å². The van der Waals surface area contributed by atoms with Crippen molar-refractivity contribution in [1.82, 2.24) is 0 Å². The van der Waals surface area contributed by atoms with Crippen LogP contribution in [0.4, 0.5) is 4.39 Å². The Morgan fingerprint density at radius 1 is 1.31 bits per heavy atom. The largest absolute Gasteiger partial charge is 0.323 e. The van der Waals surface area contributed by atoms with Crippen LogP contribution in [0.1, 0.15) is 31.0 Å². The first-order valence-electron chi connectivity index (χ1n) is 5.60. The van der Waals surface area contributed by atoms with Crippen LogP contribution in [0.15, 0.2) is 18.2 Å². The highest BCUT2D eigenvalue weighted by Crippen LogP contribution is 2.19. The molecule has 16 heavy (non-hydrogen) atoms. The van der Waals surface area contributed by atoms with E-state index in [4.69, 9.17) is 5.73 Å². The van der Waals surface area contributed by atoms with Crippen LogP contribution in [-0.4, -0.2) is 11.5 Å². The van der Waals surface area contributed by atoms with E-state index in [2.05, 4.69) is 13.8 Å². The first-order chi connectivity index (χ1) is 7.50. The summed E-state index contributed by atoms with van der Waals surface area (Å²) in [5.41, 5.74) is 7.57. The number of hydrogen-bond acceptors (Lipinski definition) is 2. The van der Waals surface area contributed by atoms with Gasteiger partial charge in [-0.2, -0.15) is 11.8 Å². The number of halogens is 1. The number of nitrogens with two attached hydrogens (primary N) is 1. The Bertz CT molecular complexity index is 339. The van der Waals surface area contributed by atoms with Gasteiger partial charge in [-0.1, -0.05) is 26.0 Å². The van der Waals surface area contributed by atoms with Crippen LogP contribution in [0, 0.1) is 18.7 Å². The van der Waals surface area contributed by atoms with Gasteiger partial charge in [0.15, 0.2) is 0 Å². The lowest BCUT2D eigenvalue weighted by Gasteiger charge is -2.13. The van der Waals surface area contributed by atoms with Crippen molar-refractivity contribution >= 4 is 11.8 Å². The Morgan fingerprint density at radius 2 is 2.00 bits per heavy atom. The van der Waals surface area contributed by atoms with E-state index in [1.165, 1.54) is 0 Å². The molecule has 1 aromatic carbocycles. The second-order valence-corrected chi connectivity index (χ2v) is 5.62. The summed E-state index contributed by atoms with van der Waals surface area (Å²) in [6.45, 7) is 6.13. The van der Waals surface area contributed by atoms with Crippen LogP contribution in [-0.2, 0) is 0 Å². The molecule has 90 valence electrons. The van der Waals surface area contributed by atoms with Crippen molar-refractivity contribution in [2.24, 2.45) is 11.7 Å². The Kier molecular flexibility index (Phi) is 5.29. The first kappa shape index (κ1) is 13.5. The van der Waals surface area contributed by atoms with Gasteiger partial charge in [0, 0.05) is 11.8 Å². The van der Waals surface area contributed by atoms with Crippen molar-refractivity contribution in [2.75, 3.05) is 11.5 Å². The molecule has 3 heteroatoms. The summed E-state index contributed by atoms with van der Waals surface area (Å²) in [6.07, 6.45) is 0. The van der Waals surface area contributed by atoms with E-state index in [0.717, 1.165) is 17.1 Å². The van der Waals surface area contributed by atoms with Crippen molar-refractivity contribution in [3.05, 3.63) is 35.1 Å². The molecule has 0 aromatic heterocycles. The predicted molar refractivity (Wildman–Crippen MR) is 70.2 cm³/mol. The molecule has 0 spiro atoms. The molecule has 0 amide bonds.